The zero-order chi connectivity index (χ0) is 11.2. The number of hydrogen-bond acceptors (Lipinski definition) is 3. The standard InChI is InChI=1S/C12H20N2O2/c13-10-3-8-16-12(10)4-6-14(7-5-12)11(15)9-1-2-9/h9-10H,1-8,13H2. The molecule has 90 valence electrons. The largest absolute Gasteiger partial charge is 0.373 e. The van der Waals surface area contributed by atoms with Crippen molar-refractivity contribution in [3.63, 3.8) is 0 Å². The minimum absolute atomic E-state index is 0.111. The van der Waals surface area contributed by atoms with Gasteiger partial charge in [-0.1, -0.05) is 0 Å². The predicted octanol–water partition coefficient (Wildman–Crippen LogP) is 0.505. The number of nitrogens with zero attached hydrogens (tertiary/aromatic N) is 1. The first-order chi connectivity index (χ1) is 7.71. The van der Waals surface area contributed by atoms with E-state index in [0.717, 1.165) is 51.8 Å². The molecule has 2 saturated heterocycles. The molecule has 4 nitrogen and oxygen atoms in total. The van der Waals surface area contributed by atoms with Crippen LogP contribution in [0.25, 0.3) is 0 Å². The first-order valence-electron chi connectivity index (χ1n) is 6.40. The van der Waals surface area contributed by atoms with Crippen molar-refractivity contribution >= 4 is 5.91 Å². The Hall–Kier alpha value is -0.610. The average Bonchev–Trinajstić information content (AvgIpc) is 3.08. The van der Waals surface area contributed by atoms with Gasteiger partial charge in [0.25, 0.3) is 0 Å². The first kappa shape index (κ1) is 10.5. The molecule has 3 aliphatic rings. The summed E-state index contributed by atoms with van der Waals surface area (Å²) < 4.78 is 5.83. The summed E-state index contributed by atoms with van der Waals surface area (Å²) in [5.41, 5.74) is 6.00. The van der Waals surface area contributed by atoms with E-state index >= 15 is 0 Å². The van der Waals surface area contributed by atoms with Gasteiger partial charge in [0.05, 0.1) is 5.60 Å². The third-order valence-corrected chi connectivity index (χ3v) is 4.34. The zero-order valence-corrected chi connectivity index (χ0v) is 9.65. The SMILES string of the molecule is NC1CCOC12CCN(C(=O)C1CC1)CC2. The number of rotatable bonds is 1. The first-order valence-corrected chi connectivity index (χ1v) is 6.40. The predicted molar refractivity (Wildman–Crippen MR) is 59.8 cm³/mol. The highest BCUT2D eigenvalue weighted by molar-refractivity contribution is 5.81. The molecule has 0 aromatic heterocycles. The molecule has 0 aromatic rings. The molecule has 4 heteroatoms. The van der Waals surface area contributed by atoms with Gasteiger partial charge in [0.15, 0.2) is 0 Å². The van der Waals surface area contributed by atoms with Gasteiger partial charge in [-0.25, -0.2) is 0 Å². The van der Waals surface area contributed by atoms with Crippen LogP contribution >= 0.6 is 0 Å². The lowest BCUT2D eigenvalue weighted by atomic mass is 9.85. The molecule has 1 saturated carbocycles. The number of piperidine rings is 1. The fraction of sp³-hybridized carbons (Fsp3) is 0.917. The summed E-state index contributed by atoms with van der Waals surface area (Å²) in [5, 5.41) is 0. The second-order valence-corrected chi connectivity index (χ2v) is 5.41. The van der Waals surface area contributed by atoms with Crippen molar-refractivity contribution in [2.75, 3.05) is 19.7 Å². The summed E-state index contributed by atoms with van der Waals surface area (Å²) in [6.45, 7) is 2.46. The van der Waals surface area contributed by atoms with Crippen LogP contribution in [0.4, 0.5) is 0 Å². The Morgan fingerprint density at radius 3 is 2.44 bits per heavy atom. The third-order valence-electron chi connectivity index (χ3n) is 4.34. The van der Waals surface area contributed by atoms with Crippen LogP contribution in [0.3, 0.4) is 0 Å². The molecule has 2 N–H and O–H groups in total. The van der Waals surface area contributed by atoms with Crippen LogP contribution in [0.1, 0.15) is 32.1 Å². The maximum atomic E-state index is 11.9. The molecule has 3 fully saturated rings. The summed E-state index contributed by atoms with van der Waals surface area (Å²) in [5.74, 6) is 0.702. The molecule has 1 atom stereocenters. The third kappa shape index (κ3) is 1.64. The van der Waals surface area contributed by atoms with Gasteiger partial charge in [-0.15, -0.1) is 0 Å². The zero-order valence-electron chi connectivity index (χ0n) is 9.65. The highest BCUT2D eigenvalue weighted by Gasteiger charge is 2.46. The van der Waals surface area contributed by atoms with E-state index < -0.39 is 0 Å². The second-order valence-electron chi connectivity index (χ2n) is 5.41. The molecule has 1 unspecified atom stereocenters. The van der Waals surface area contributed by atoms with E-state index in [1.165, 1.54) is 0 Å². The van der Waals surface area contributed by atoms with Crippen molar-refractivity contribution in [1.82, 2.24) is 4.90 Å². The van der Waals surface area contributed by atoms with E-state index in [2.05, 4.69) is 0 Å². The Bertz CT molecular complexity index is 293. The number of carbonyl (C=O) groups excluding carboxylic acids is 1. The van der Waals surface area contributed by atoms with Crippen molar-refractivity contribution < 1.29 is 9.53 Å². The van der Waals surface area contributed by atoms with Gasteiger partial charge in [-0.2, -0.15) is 0 Å². The normalized spacial score (nSPS) is 33.3. The second kappa shape index (κ2) is 3.70. The van der Waals surface area contributed by atoms with Gasteiger partial charge >= 0.3 is 0 Å². The maximum absolute atomic E-state index is 11.9. The fourth-order valence-corrected chi connectivity index (χ4v) is 2.97. The molecule has 2 heterocycles. The number of carbonyl (C=O) groups is 1. The summed E-state index contributed by atoms with van der Waals surface area (Å²) in [6.07, 6.45) is 5.00. The average molecular weight is 224 g/mol. The Morgan fingerprint density at radius 2 is 1.94 bits per heavy atom. The van der Waals surface area contributed by atoms with E-state index in [9.17, 15) is 4.79 Å². The Kier molecular flexibility index (Phi) is 2.44. The van der Waals surface area contributed by atoms with E-state index in [0.29, 0.717) is 11.8 Å². The number of hydrogen-bond donors (Lipinski definition) is 1. The van der Waals surface area contributed by atoms with Gasteiger partial charge < -0.3 is 15.4 Å². The van der Waals surface area contributed by atoms with Crippen molar-refractivity contribution in [3.8, 4) is 0 Å². The van der Waals surface area contributed by atoms with Crippen LogP contribution in [0, 0.1) is 5.92 Å². The summed E-state index contributed by atoms with van der Waals surface area (Å²) in [7, 11) is 0. The van der Waals surface area contributed by atoms with Gasteiger partial charge in [-0.3, -0.25) is 4.79 Å². The molecule has 0 bridgehead atoms. The Balaban J connectivity index is 1.60. The molecular weight excluding hydrogens is 204 g/mol. The molecule has 16 heavy (non-hydrogen) atoms. The van der Waals surface area contributed by atoms with Crippen LogP contribution < -0.4 is 5.73 Å². The smallest absolute Gasteiger partial charge is 0.225 e. The van der Waals surface area contributed by atoms with E-state index in [4.69, 9.17) is 10.5 Å². The maximum Gasteiger partial charge on any atom is 0.225 e. The summed E-state index contributed by atoms with van der Waals surface area (Å²) in [4.78, 5) is 13.9. The van der Waals surface area contributed by atoms with Crippen LogP contribution in [0.2, 0.25) is 0 Å². The number of likely N-dealkylation sites (tertiary alicyclic amines) is 1. The molecule has 0 radical (unpaired) electrons. The lowest BCUT2D eigenvalue weighted by Crippen LogP contribution is -2.54. The van der Waals surface area contributed by atoms with Gasteiger partial charge in [-0.05, 0) is 32.1 Å². The highest BCUT2D eigenvalue weighted by atomic mass is 16.5. The fourth-order valence-electron chi connectivity index (χ4n) is 2.97. The number of ether oxygens (including phenoxy) is 1. The van der Waals surface area contributed by atoms with Gasteiger partial charge in [0.1, 0.15) is 0 Å². The van der Waals surface area contributed by atoms with E-state index in [1.54, 1.807) is 0 Å². The van der Waals surface area contributed by atoms with Crippen LogP contribution in [-0.4, -0.2) is 42.1 Å². The molecular formula is C12H20N2O2. The summed E-state index contributed by atoms with van der Waals surface area (Å²) in [6, 6.07) is 0.172. The number of nitrogens with two attached hydrogens (primary N) is 1. The van der Waals surface area contributed by atoms with E-state index in [-0.39, 0.29) is 11.6 Å². The van der Waals surface area contributed by atoms with Crippen molar-refractivity contribution in [2.24, 2.45) is 11.7 Å². The molecule has 0 aromatic carbocycles. The van der Waals surface area contributed by atoms with Crippen LogP contribution in [0.5, 0.6) is 0 Å². The lowest BCUT2D eigenvalue weighted by Gasteiger charge is -2.41. The number of amides is 1. The Morgan fingerprint density at radius 1 is 1.25 bits per heavy atom. The monoisotopic (exact) mass is 224 g/mol. The van der Waals surface area contributed by atoms with Gasteiger partial charge in [0, 0.05) is 31.7 Å². The highest BCUT2D eigenvalue weighted by Crippen LogP contribution is 2.37. The molecule has 2 aliphatic heterocycles. The van der Waals surface area contributed by atoms with Gasteiger partial charge in [0.2, 0.25) is 5.91 Å². The quantitative estimate of drug-likeness (QED) is 0.706. The lowest BCUT2D eigenvalue weighted by molar-refractivity contribution is -0.137. The van der Waals surface area contributed by atoms with Crippen molar-refractivity contribution in [1.29, 1.82) is 0 Å². The van der Waals surface area contributed by atoms with Crippen molar-refractivity contribution in [2.45, 2.75) is 43.7 Å². The van der Waals surface area contributed by atoms with Crippen molar-refractivity contribution in [3.05, 3.63) is 0 Å². The summed E-state index contributed by atoms with van der Waals surface area (Å²) >= 11 is 0. The van der Waals surface area contributed by atoms with E-state index in [1.807, 2.05) is 4.90 Å². The topological polar surface area (TPSA) is 55.6 Å². The molecule has 1 amide bonds. The molecule has 1 aliphatic carbocycles. The minimum atomic E-state index is -0.111. The molecule has 3 rings (SSSR count). The van der Waals surface area contributed by atoms with Crippen LogP contribution in [-0.2, 0) is 9.53 Å². The van der Waals surface area contributed by atoms with Crippen LogP contribution in [0.15, 0.2) is 0 Å². The molecule has 1 spiro atoms. The minimum Gasteiger partial charge on any atom is -0.373 e. The Labute approximate surface area is 96.1 Å².